The first-order chi connectivity index (χ1) is 15.0. The molecule has 0 amide bonds. The van der Waals surface area contributed by atoms with E-state index in [0.29, 0.717) is 5.92 Å². The molecular formula is C28H29NO2. The predicted octanol–water partition coefficient (Wildman–Crippen LogP) is 6.31. The standard InChI is InChI=1S/C28H29NO2/c1-27(2,26-5-3-4-16-29-26)31-25-14-12-23(13-15-25)28(18-21-8-11-24(28)17-21)22-9-6-20(19-30)7-10-22/h3-7,9-10,12-16,19,21,24H,8,11,17-18H2,1-2H3. The Morgan fingerprint density at radius 2 is 1.68 bits per heavy atom. The number of aromatic nitrogens is 1. The number of aldehydes is 1. The maximum absolute atomic E-state index is 11.2. The maximum atomic E-state index is 11.2. The summed E-state index contributed by atoms with van der Waals surface area (Å²) in [5, 5.41) is 0. The fourth-order valence-corrected chi connectivity index (χ4v) is 5.95. The van der Waals surface area contributed by atoms with Crippen LogP contribution in [0.4, 0.5) is 0 Å². The minimum absolute atomic E-state index is 0.0410. The van der Waals surface area contributed by atoms with Crippen molar-refractivity contribution in [3.8, 4) is 5.75 Å². The Hall–Kier alpha value is -2.94. The Kier molecular flexibility index (Phi) is 4.92. The van der Waals surface area contributed by atoms with Gasteiger partial charge in [0, 0.05) is 17.2 Å². The van der Waals surface area contributed by atoms with Crippen LogP contribution in [0.3, 0.4) is 0 Å². The van der Waals surface area contributed by atoms with Gasteiger partial charge in [-0.1, -0.05) is 48.9 Å². The second kappa shape index (κ2) is 7.64. The number of nitrogens with zero attached hydrogens (tertiary/aromatic N) is 1. The lowest BCUT2D eigenvalue weighted by Gasteiger charge is -2.39. The third-order valence-electron chi connectivity index (χ3n) is 7.43. The molecule has 0 spiro atoms. The molecule has 0 N–H and O–H groups in total. The van der Waals surface area contributed by atoms with Crippen molar-refractivity contribution in [2.75, 3.05) is 0 Å². The zero-order chi connectivity index (χ0) is 21.5. The summed E-state index contributed by atoms with van der Waals surface area (Å²) in [5.41, 5.74) is 3.90. The lowest BCUT2D eigenvalue weighted by molar-refractivity contribution is 0.104. The highest BCUT2D eigenvalue weighted by Gasteiger charge is 2.52. The smallest absolute Gasteiger partial charge is 0.150 e. The summed E-state index contributed by atoms with van der Waals surface area (Å²) in [6.45, 7) is 4.10. The van der Waals surface area contributed by atoms with Gasteiger partial charge in [0.05, 0.1) is 5.69 Å². The molecule has 2 aliphatic rings. The van der Waals surface area contributed by atoms with Gasteiger partial charge in [0.15, 0.2) is 0 Å². The first kappa shape index (κ1) is 20.0. The Labute approximate surface area is 184 Å². The summed E-state index contributed by atoms with van der Waals surface area (Å²) in [5.74, 6) is 2.32. The van der Waals surface area contributed by atoms with Gasteiger partial charge in [-0.05, 0) is 80.3 Å². The maximum Gasteiger partial charge on any atom is 0.150 e. The number of pyridine rings is 1. The second-order valence-electron chi connectivity index (χ2n) is 9.64. The molecule has 31 heavy (non-hydrogen) atoms. The van der Waals surface area contributed by atoms with E-state index in [1.807, 2.05) is 30.3 Å². The highest BCUT2D eigenvalue weighted by Crippen LogP contribution is 2.60. The third-order valence-corrected chi connectivity index (χ3v) is 7.43. The molecule has 0 aliphatic heterocycles. The average molecular weight is 412 g/mol. The summed E-state index contributed by atoms with van der Waals surface area (Å²) in [7, 11) is 0. The highest BCUT2D eigenvalue weighted by molar-refractivity contribution is 5.74. The van der Waals surface area contributed by atoms with Crippen LogP contribution in [0.25, 0.3) is 0 Å². The van der Waals surface area contributed by atoms with Gasteiger partial charge in [-0.25, -0.2) is 0 Å². The zero-order valence-corrected chi connectivity index (χ0v) is 18.3. The molecule has 1 aromatic heterocycles. The van der Waals surface area contributed by atoms with E-state index in [1.165, 1.54) is 36.8 Å². The van der Waals surface area contributed by atoms with E-state index in [4.69, 9.17) is 4.74 Å². The van der Waals surface area contributed by atoms with Crippen LogP contribution in [0.15, 0.2) is 72.9 Å². The van der Waals surface area contributed by atoms with Crippen LogP contribution in [0, 0.1) is 11.8 Å². The van der Waals surface area contributed by atoms with Gasteiger partial charge in [-0.3, -0.25) is 9.78 Å². The van der Waals surface area contributed by atoms with E-state index >= 15 is 0 Å². The molecule has 158 valence electrons. The lowest BCUT2D eigenvalue weighted by atomic mass is 9.64. The van der Waals surface area contributed by atoms with E-state index in [9.17, 15) is 4.79 Å². The molecule has 3 atom stereocenters. The van der Waals surface area contributed by atoms with Gasteiger partial charge in [0.25, 0.3) is 0 Å². The van der Waals surface area contributed by atoms with E-state index in [0.717, 1.165) is 29.2 Å². The molecular weight excluding hydrogens is 382 g/mol. The molecule has 2 aliphatic carbocycles. The summed E-state index contributed by atoms with van der Waals surface area (Å²) >= 11 is 0. The molecule has 3 heteroatoms. The van der Waals surface area contributed by atoms with Crippen LogP contribution in [-0.2, 0) is 11.0 Å². The summed E-state index contributed by atoms with van der Waals surface area (Å²) < 4.78 is 6.34. The highest BCUT2D eigenvalue weighted by atomic mass is 16.5. The first-order valence-electron chi connectivity index (χ1n) is 11.3. The summed E-state index contributed by atoms with van der Waals surface area (Å²) in [6, 6.07) is 22.9. The molecule has 2 fully saturated rings. The van der Waals surface area contributed by atoms with Gasteiger partial charge < -0.3 is 4.74 Å². The van der Waals surface area contributed by atoms with Gasteiger partial charge >= 0.3 is 0 Å². The Bertz CT molecular complexity index is 1060. The van der Waals surface area contributed by atoms with Crippen molar-refractivity contribution in [3.05, 3.63) is 95.3 Å². The number of hydrogen-bond acceptors (Lipinski definition) is 3. The normalized spacial score (nSPS) is 24.8. The van der Waals surface area contributed by atoms with Crippen LogP contribution in [-0.4, -0.2) is 11.3 Å². The SMILES string of the molecule is CC(C)(Oc1ccc(C2(c3ccc(C=O)cc3)CC3CCC2C3)cc1)c1ccccn1. The quantitative estimate of drug-likeness (QED) is 0.446. The van der Waals surface area contributed by atoms with E-state index < -0.39 is 5.60 Å². The number of ether oxygens (including phenoxy) is 1. The topological polar surface area (TPSA) is 39.2 Å². The van der Waals surface area contributed by atoms with Crippen molar-refractivity contribution in [1.82, 2.24) is 4.98 Å². The van der Waals surface area contributed by atoms with Crippen LogP contribution >= 0.6 is 0 Å². The lowest BCUT2D eigenvalue weighted by Crippen LogP contribution is -2.34. The second-order valence-corrected chi connectivity index (χ2v) is 9.64. The number of hydrogen-bond donors (Lipinski definition) is 0. The molecule has 5 rings (SSSR count). The molecule has 2 aromatic carbocycles. The largest absolute Gasteiger partial charge is 0.482 e. The third kappa shape index (κ3) is 3.46. The van der Waals surface area contributed by atoms with E-state index in [-0.39, 0.29) is 5.41 Å². The van der Waals surface area contributed by atoms with Gasteiger partial charge in [-0.15, -0.1) is 0 Å². The number of carbonyl (C=O) groups excluding carboxylic acids is 1. The molecule has 0 saturated heterocycles. The molecule has 3 aromatic rings. The molecule has 3 unspecified atom stereocenters. The summed E-state index contributed by atoms with van der Waals surface area (Å²) in [4.78, 5) is 15.6. The Morgan fingerprint density at radius 3 is 2.23 bits per heavy atom. The van der Waals surface area contributed by atoms with Crippen molar-refractivity contribution in [2.24, 2.45) is 11.8 Å². The van der Waals surface area contributed by atoms with Gasteiger partial charge in [-0.2, -0.15) is 0 Å². The van der Waals surface area contributed by atoms with Gasteiger partial charge in [0.2, 0.25) is 0 Å². The molecule has 1 heterocycles. The van der Waals surface area contributed by atoms with Crippen molar-refractivity contribution in [2.45, 2.75) is 50.5 Å². The van der Waals surface area contributed by atoms with Crippen molar-refractivity contribution < 1.29 is 9.53 Å². The molecule has 0 radical (unpaired) electrons. The minimum atomic E-state index is -0.502. The molecule has 2 saturated carbocycles. The first-order valence-corrected chi connectivity index (χ1v) is 11.3. The van der Waals surface area contributed by atoms with Crippen LogP contribution in [0.2, 0.25) is 0 Å². The van der Waals surface area contributed by atoms with E-state index in [2.05, 4.69) is 55.2 Å². The van der Waals surface area contributed by atoms with Crippen LogP contribution in [0.1, 0.15) is 66.7 Å². The van der Waals surface area contributed by atoms with Crippen LogP contribution < -0.4 is 4.74 Å². The predicted molar refractivity (Wildman–Crippen MR) is 122 cm³/mol. The van der Waals surface area contributed by atoms with Crippen molar-refractivity contribution in [1.29, 1.82) is 0 Å². The fraction of sp³-hybridized carbons (Fsp3) is 0.357. The average Bonchev–Trinajstić information content (AvgIpc) is 3.42. The van der Waals surface area contributed by atoms with Crippen molar-refractivity contribution in [3.63, 3.8) is 0 Å². The fourth-order valence-electron chi connectivity index (χ4n) is 5.95. The van der Waals surface area contributed by atoms with E-state index in [1.54, 1.807) is 6.20 Å². The monoisotopic (exact) mass is 411 g/mol. The molecule has 2 bridgehead atoms. The summed E-state index contributed by atoms with van der Waals surface area (Å²) in [6.07, 6.45) is 7.85. The zero-order valence-electron chi connectivity index (χ0n) is 18.3. The van der Waals surface area contributed by atoms with Crippen molar-refractivity contribution >= 4 is 6.29 Å². The number of carbonyl (C=O) groups is 1. The Morgan fingerprint density at radius 1 is 0.968 bits per heavy atom. The number of benzene rings is 2. The van der Waals surface area contributed by atoms with Crippen LogP contribution in [0.5, 0.6) is 5.75 Å². The van der Waals surface area contributed by atoms with Gasteiger partial charge in [0.1, 0.15) is 17.6 Å². The number of rotatable bonds is 6. The number of fused-ring (bicyclic) bond motifs is 2. The molecule has 3 nitrogen and oxygen atoms in total. The minimum Gasteiger partial charge on any atom is -0.482 e. The Balaban J connectivity index is 1.47.